The van der Waals surface area contributed by atoms with Crippen LogP contribution in [-0.4, -0.2) is 38.0 Å². The number of halogens is 1. The molecule has 0 bridgehead atoms. The first-order chi connectivity index (χ1) is 16.1. The topological polar surface area (TPSA) is 80.1 Å². The zero-order chi connectivity index (χ0) is 22.8. The predicted molar refractivity (Wildman–Crippen MR) is 127 cm³/mol. The molecular weight excluding hydrogens is 438 g/mol. The highest BCUT2D eigenvalue weighted by Gasteiger charge is 2.34. The molecule has 2 aliphatic heterocycles. The van der Waals surface area contributed by atoms with E-state index in [-0.39, 0.29) is 18.2 Å². The van der Waals surface area contributed by atoms with Gasteiger partial charge < -0.3 is 14.8 Å². The number of aromatic nitrogens is 3. The van der Waals surface area contributed by atoms with Crippen molar-refractivity contribution in [3.05, 3.63) is 64.9 Å². The number of carbonyl (C=O) groups is 2. The summed E-state index contributed by atoms with van der Waals surface area (Å²) < 4.78 is 2.19. The molecule has 3 heterocycles. The second kappa shape index (κ2) is 9.35. The van der Waals surface area contributed by atoms with E-state index < -0.39 is 5.92 Å². The van der Waals surface area contributed by atoms with Crippen LogP contribution in [0, 0.1) is 5.92 Å². The van der Waals surface area contributed by atoms with Gasteiger partial charge in [-0.05, 0) is 36.6 Å². The largest absolute Gasteiger partial charge is 0.337 e. The van der Waals surface area contributed by atoms with Crippen molar-refractivity contribution >= 4 is 29.1 Å². The molecule has 1 fully saturated rings. The van der Waals surface area contributed by atoms with Crippen LogP contribution in [0.25, 0.3) is 11.4 Å². The minimum absolute atomic E-state index is 0.0324. The van der Waals surface area contributed by atoms with E-state index in [2.05, 4.69) is 20.1 Å². The van der Waals surface area contributed by atoms with Crippen molar-refractivity contribution < 1.29 is 9.59 Å². The molecule has 2 aliphatic rings. The van der Waals surface area contributed by atoms with Crippen LogP contribution in [0.1, 0.15) is 37.1 Å². The van der Waals surface area contributed by atoms with E-state index in [9.17, 15) is 9.59 Å². The summed E-state index contributed by atoms with van der Waals surface area (Å²) in [5, 5.41) is 12.4. The molecule has 2 amide bonds. The minimum Gasteiger partial charge on any atom is -0.337 e. The highest BCUT2D eigenvalue weighted by Crippen LogP contribution is 2.27. The fourth-order valence-electron chi connectivity index (χ4n) is 4.61. The van der Waals surface area contributed by atoms with Crippen LogP contribution in [-0.2, 0) is 29.1 Å². The van der Waals surface area contributed by atoms with E-state index in [1.54, 1.807) is 4.90 Å². The summed E-state index contributed by atoms with van der Waals surface area (Å²) in [6.45, 7) is 1.71. The van der Waals surface area contributed by atoms with Crippen molar-refractivity contribution in [2.24, 2.45) is 5.92 Å². The monoisotopic (exact) mass is 463 g/mol. The number of rotatable bonds is 5. The average Bonchev–Trinajstić information content (AvgIpc) is 3.30. The number of amides is 2. The molecule has 2 aromatic carbocycles. The highest BCUT2D eigenvalue weighted by molar-refractivity contribution is 6.31. The zero-order valence-corrected chi connectivity index (χ0v) is 19.1. The van der Waals surface area contributed by atoms with Gasteiger partial charge in [0, 0.05) is 48.7 Å². The molecule has 8 heteroatoms. The Balaban J connectivity index is 1.27. The number of fused-ring (bicyclic) bond motifs is 1. The number of hydrogen-bond acceptors (Lipinski definition) is 4. The van der Waals surface area contributed by atoms with Gasteiger partial charge in [-0.1, -0.05) is 48.4 Å². The van der Waals surface area contributed by atoms with Gasteiger partial charge in [0.15, 0.2) is 5.82 Å². The molecule has 0 spiro atoms. The summed E-state index contributed by atoms with van der Waals surface area (Å²) in [5.41, 5.74) is 2.51. The molecule has 1 aromatic heterocycles. The van der Waals surface area contributed by atoms with Crippen LogP contribution in [0.4, 0.5) is 5.69 Å². The van der Waals surface area contributed by atoms with Gasteiger partial charge in [0.1, 0.15) is 5.82 Å². The number of benzene rings is 2. The molecule has 0 aliphatic carbocycles. The summed E-state index contributed by atoms with van der Waals surface area (Å²) in [6, 6.07) is 15.2. The first-order valence-electron chi connectivity index (χ1n) is 11.4. The Kier molecular flexibility index (Phi) is 6.13. The van der Waals surface area contributed by atoms with Gasteiger partial charge in [-0.2, -0.15) is 0 Å². The molecule has 33 heavy (non-hydrogen) atoms. The average molecular weight is 464 g/mol. The maximum Gasteiger partial charge on any atom is 0.229 e. The Morgan fingerprint density at radius 2 is 1.97 bits per heavy atom. The van der Waals surface area contributed by atoms with Gasteiger partial charge in [0.25, 0.3) is 0 Å². The molecule has 0 radical (unpaired) electrons. The van der Waals surface area contributed by atoms with Crippen molar-refractivity contribution in [1.29, 1.82) is 0 Å². The highest BCUT2D eigenvalue weighted by atomic mass is 35.5. The van der Waals surface area contributed by atoms with Gasteiger partial charge in [0.2, 0.25) is 11.8 Å². The number of nitrogens with one attached hydrogen (secondary N) is 1. The smallest absolute Gasteiger partial charge is 0.229 e. The van der Waals surface area contributed by atoms with E-state index in [1.807, 2.05) is 48.5 Å². The summed E-state index contributed by atoms with van der Waals surface area (Å²) in [6.07, 6.45) is 4.61. The van der Waals surface area contributed by atoms with E-state index in [1.165, 1.54) is 6.42 Å². The lowest BCUT2D eigenvalue weighted by atomic mass is 10.1. The molecule has 1 atom stereocenters. The van der Waals surface area contributed by atoms with Crippen LogP contribution in [0.2, 0.25) is 5.02 Å². The molecule has 1 unspecified atom stereocenters. The Bertz CT molecular complexity index is 1190. The maximum atomic E-state index is 13.0. The lowest BCUT2D eigenvalue weighted by Gasteiger charge is -2.17. The van der Waals surface area contributed by atoms with Crippen molar-refractivity contribution in [3.8, 4) is 11.4 Å². The third-order valence-corrected chi connectivity index (χ3v) is 6.77. The second-order valence-corrected chi connectivity index (χ2v) is 9.15. The molecule has 1 N–H and O–H groups in total. The minimum atomic E-state index is -0.395. The lowest BCUT2D eigenvalue weighted by molar-refractivity contribution is -0.128. The van der Waals surface area contributed by atoms with Crippen molar-refractivity contribution in [2.75, 3.05) is 11.9 Å². The number of carbonyl (C=O) groups excluding carboxylic acids is 2. The van der Waals surface area contributed by atoms with Crippen molar-refractivity contribution in [1.82, 2.24) is 19.7 Å². The van der Waals surface area contributed by atoms with Crippen LogP contribution in [0.3, 0.4) is 0 Å². The fourth-order valence-corrected chi connectivity index (χ4v) is 4.81. The molecule has 0 saturated carbocycles. The molecule has 7 nitrogen and oxygen atoms in total. The SMILES string of the molecule is O=C(Nc1cccc(-c2nnc3n2CCCCC3)c1)C1CC(=O)N(Cc2ccccc2Cl)C1. The maximum absolute atomic E-state index is 13.0. The predicted octanol–water partition coefficient (Wildman–Crippen LogP) is 4.31. The lowest BCUT2D eigenvalue weighted by Crippen LogP contribution is -2.28. The summed E-state index contributed by atoms with van der Waals surface area (Å²) in [4.78, 5) is 27.2. The summed E-state index contributed by atoms with van der Waals surface area (Å²) in [7, 11) is 0. The van der Waals surface area contributed by atoms with Crippen LogP contribution in [0.5, 0.6) is 0 Å². The molecule has 1 saturated heterocycles. The molecule has 170 valence electrons. The van der Waals surface area contributed by atoms with Crippen molar-refractivity contribution in [2.45, 2.75) is 45.2 Å². The Hall–Kier alpha value is -3.19. The van der Waals surface area contributed by atoms with E-state index in [4.69, 9.17) is 11.6 Å². The van der Waals surface area contributed by atoms with Crippen LogP contribution < -0.4 is 5.32 Å². The van der Waals surface area contributed by atoms with Gasteiger partial charge in [-0.3, -0.25) is 9.59 Å². The fraction of sp³-hybridized carbons (Fsp3) is 0.360. The number of aryl methyl sites for hydroxylation is 1. The first kappa shape index (κ1) is 21.6. The van der Waals surface area contributed by atoms with Gasteiger partial charge in [-0.15, -0.1) is 10.2 Å². The van der Waals surface area contributed by atoms with E-state index >= 15 is 0 Å². The van der Waals surface area contributed by atoms with Gasteiger partial charge in [-0.25, -0.2) is 0 Å². The number of likely N-dealkylation sites (tertiary alicyclic amines) is 1. The normalized spacial score (nSPS) is 18.2. The quantitative estimate of drug-likeness (QED) is 0.611. The summed E-state index contributed by atoms with van der Waals surface area (Å²) >= 11 is 6.24. The third-order valence-electron chi connectivity index (χ3n) is 6.40. The van der Waals surface area contributed by atoms with E-state index in [0.29, 0.717) is 23.8 Å². The first-order valence-corrected chi connectivity index (χ1v) is 11.8. The molecule has 5 rings (SSSR count). The summed E-state index contributed by atoms with van der Waals surface area (Å²) in [5.74, 6) is 1.29. The Labute approximate surface area is 197 Å². The number of anilines is 1. The Morgan fingerprint density at radius 1 is 1.09 bits per heavy atom. The molecular formula is C25H26ClN5O2. The second-order valence-electron chi connectivity index (χ2n) is 8.74. The molecule has 3 aromatic rings. The Morgan fingerprint density at radius 3 is 2.85 bits per heavy atom. The van der Waals surface area contributed by atoms with E-state index in [0.717, 1.165) is 48.6 Å². The van der Waals surface area contributed by atoms with Crippen LogP contribution >= 0.6 is 11.6 Å². The number of nitrogens with zero attached hydrogens (tertiary/aromatic N) is 4. The van der Waals surface area contributed by atoms with Crippen LogP contribution in [0.15, 0.2) is 48.5 Å². The van der Waals surface area contributed by atoms with Gasteiger partial charge in [0.05, 0.1) is 5.92 Å². The zero-order valence-electron chi connectivity index (χ0n) is 18.3. The van der Waals surface area contributed by atoms with Crippen molar-refractivity contribution in [3.63, 3.8) is 0 Å². The van der Waals surface area contributed by atoms with Gasteiger partial charge >= 0.3 is 0 Å². The standard InChI is InChI=1S/C25H26ClN5O2/c26-21-10-4-3-7-18(21)15-30-16-19(14-23(30)32)25(33)27-20-9-6-8-17(13-20)24-29-28-22-11-2-1-5-12-31(22)24/h3-4,6-10,13,19H,1-2,5,11-12,14-16H2,(H,27,33). The third kappa shape index (κ3) is 4.64. The number of hydrogen-bond donors (Lipinski definition) is 1.